The van der Waals surface area contributed by atoms with Crippen molar-refractivity contribution in [2.45, 2.75) is 24.3 Å². The Morgan fingerprint density at radius 3 is 2.78 bits per heavy atom. The molecule has 1 unspecified atom stereocenters. The van der Waals surface area contributed by atoms with Crippen LogP contribution in [0.1, 0.15) is 18.9 Å². The van der Waals surface area contributed by atoms with Gasteiger partial charge in [-0.25, -0.2) is 17.5 Å². The summed E-state index contributed by atoms with van der Waals surface area (Å²) in [6, 6.07) is 4.56. The maximum atomic E-state index is 13.1. The molecule has 0 aliphatic carbocycles. The van der Waals surface area contributed by atoms with Gasteiger partial charge in [0.25, 0.3) is 0 Å². The van der Waals surface area contributed by atoms with Crippen molar-refractivity contribution in [3.05, 3.63) is 29.6 Å². The predicted octanol–water partition coefficient (Wildman–Crippen LogP) is 0.713. The maximum absolute atomic E-state index is 13.1. The van der Waals surface area contributed by atoms with Gasteiger partial charge in [-0.1, -0.05) is 0 Å². The molecule has 18 heavy (non-hydrogen) atoms. The Labute approximate surface area is 105 Å². The van der Waals surface area contributed by atoms with Crippen LogP contribution in [0.2, 0.25) is 0 Å². The topological polar surface area (TPSA) is 96.0 Å². The number of benzene rings is 1. The number of halogens is 1. The zero-order valence-corrected chi connectivity index (χ0v) is 10.7. The van der Waals surface area contributed by atoms with Gasteiger partial charge in [-0.3, -0.25) is 0 Å². The molecule has 0 fully saturated rings. The number of nitrogens with two attached hydrogens (primary N) is 1. The van der Waals surface area contributed by atoms with Crippen LogP contribution in [0.4, 0.5) is 4.39 Å². The Bertz CT molecular complexity index is 564. The fraction of sp³-hybridized carbons (Fsp3) is 0.364. The molecule has 0 bridgehead atoms. The molecule has 0 saturated carbocycles. The molecule has 5 nitrogen and oxygen atoms in total. The first-order chi connectivity index (χ1) is 8.36. The molecular weight excluding hydrogens is 257 g/mol. The van der Waals surface area contributed by atoms with Gasteiger partial charge in [0.2, 0.25) is 10.0 Å². The fourth-order valence-electron chi connectivity index (χ4n) is 1.26. The van der Waals surface area contributed by atoms with Crippen LogP contribution < -0.4 is 10.5 Å². The number of hydrogen-bond acceptors (Lipinski definition) is 4. The molecule has 98 valence electrons. The smallest absolute Gasteiger partial charge is 0.240 e. The average Bonchev–Trinajstić information content (AvgIpc) is 2.28. The van der Waals surface area contributed by atoms with E-state index in [9.17, 15) is 12.8 Å². The quantitative estimate of drug-likeness (QED) is 0.824. The SMILES string of the molecule is CC(N)CCNS(=O)(=O)c1ccc(F)c(C#N)c1. The van der Waals surface area contributed by atoms with E-state index in [4.69, 9.17) is 11.0 Å². The van der Waals surface area contributed by atoms with Crippen molar-refractivity contribution in [1.82, 2.24) is 4.72 Å². The van der Waals surface area contributed by atoms with Gasteiger partial charge in [-0.05, 0) is 31.5 Å². The second-order valence-corrected chi connectivity index (χ2v) is 5.68. The van der Waals surface area contributed by atoms with Gasteiger partial charge in [0.05, 0.1) is 10.5 Å². The first-order valence-corrected chi connectivity index (χ1v) is 6.80. The van der Waals surface area contributed by atoms with Crippen LogP contribution in [-0.4, -0.2) is 21.0 Å². The average molecular weight is 271 g/mol. The molecule has 0 aliphatic rings. The van der Waals surface area contributed by atoms with Crippen LogP contribution in [-0.2, 0) is 10.0 Å². The van der Waals surface area contributed by atoms with Crippen LogP contribution in [0.5, 0.6) is 0 Å². The summed E-state index contributed by atoms with van der Waals surface area (Å²) in [4.78, 5) is -0.134. The molecule has 1 aromatic rings. The normalized spacial score (nSPS) is 13.0. The number of nitriles is 1. The summed E-state index contributed by atoms with van der Waals surface area (Å²) in [5.41, 5.74) is 5.20. The summed E-state index contributed by atoms with van der Waals surface area (Å²) in [5, 5.41) is 8.64. The Morgan fingerprint density at radius 2 is 2.22 bits per heavy atom. The van der Waals surface area contributed by atoms with E-state index in [0.717, 1.165) is 18.2 Å². The molecule has 3 N–H and O–H groups in total. The predicted molar refractivity (Wildman–Crippen MR) is 64.6 cm³/mol. The highest BCUT2D eigenvalue weighted by molar-refractivity contribution is 7.89. The van der Waals surface area contributed by atoms with Crippen molar-refractivity contribution in [1.29, 1.82) is 5.26 Å². The van der Waals surface area contributed by atoms with E-state index in [1.54, 1.807) is 13.0 Å². The summed E-state index contributed by atoms with van der Waals surface area (Å²) in [6.45, 7) is 1.96. The molecule has 0 aliphatic heterocycles. The van der Waals surface area contributed by atoms with Gasteiger partial charge in [-0.2, -0.15) is 5.26 Å². The molecule has 0 saturated heterocycles. The molecule has 0 amide bonds. The third-order valence-corrected chi connectivity index (χ3v) is 3.72. The third-order valence-electron chi connectivity index (χ3n) is 2.26. The Balaban J connectivity index is 2.89. The van der Waals surface area contributed by atoms with Gasteiger partial charge in [0.15, 0.2) is 0 Å². The van der Waals surface area contributed by atoms with E-state index in [1.807, 2.05) is 0 Å². The minimum absolute atomic E-state index is 0.115. The molecule has 0 spiro atoms. The van der Waals surface area contributed by atoms with Crippen LogP contribution in [0.25, 0.3) is 0 Å². The Hall–Kier alpha value is -1.49. The molecule has 1 aromatic carbocycles. The highest BCUT2D eigenvalue weighted by Crippen LogP contribution is 2.14. The maximum Gasteiger partial charge on any atom is 0.240 e. The monoisotopic (exact) mass is 271 g/mol. The molecular formula is C11H14FN3O2S. The molecule has 1 rings (SSSR count). The number of hydrogen-bond donors (Lipinski definition) is 2. The number of sulfonamides is 1. The largest absolute Gasteiger partial charge is 0.328 e. The van der Waals surface area contributed by atoms with E-state index in [1.165, 1.54) is 0 Å². The summed E-state index contributed by atoms with van der Waals surface area (Å²) >= 11 is 0. The second kappa shape index (κ2) is 5.91. The second-order valence-electron chi connectivity index (χ2n) is 3.92. The van der Waals surface area contributed by atoms with Crippen molar-refractivity contribution in [2.24, 2.45) is 5.73 Å². The molecule has 0 aromatic heterocycles. The lowest BCUT2D eigenvalue weighted by atomic mass is 10.2. The van der Waals surface area contributed by atoms with Crippen LogP contribution in [0.15, 0.2) is 23.1 Å². The highest BCUT2D eigenvalue weighted by Gasteiger charge is 2.15. The zero-order chi connectivity index (χ0) is 13.8. The number of nitrogens with one attached hydrogen (secondary N) is 1. The molecule has 0 heterocycles. The molecule has 0 radical (unpaired) electrons. The van der Waals surface area contributed by atoms with Crippen LogP contribution in [0.3, 0.4) is 0 Å². The van der Waals surface area contributed by atoms with E-state index in [-0.39, 0.29) is 23.0 Å². The van der Waals surface area contributed by atoms with Gasteiger partial charge in [0, 0.05) is 12.6 Å². The van der Waals surface area contributed by atoms with Crippen LogP contribution in [0, 0.1) is 17.1 Å². The number of rotatable bonds is 5. The van der Waals surface area contributed by atoms with Crippen molar-refractivity contribution >= 4 is 10.0 Å². The zero-order valence-electron chi connectivity index (χ0n) is 9.85. The van der Waals surface area contributed by atoms with Crippen molar-refractivity contribution in [3.63, 3.8) is 0 Å². The fourth-order valence-corrected chi connectivity index (χ4v) is 2.33. The van der Waals surface area contributed by atoms with E-state index in [0.29, 0.717) is 6.42 Å². The lowest BCUT2D eigenvalue weighted by molar-refractivity contribution is 0.571. The first kappa shape index (κ1) is 14.6. The third kappa shape index (κ3) is 3.77. The van der Waals surface area contributed by atoms with Gasteiger partial charge >= 0.3 is 0 Å². The summed E-state index contributed by atoms with van der Waals surface area (Å²) < 4.78 is 39.0. The van der Waals surface area contributed by atoms with Gasteiger partial charge in [-0.15, -0.1) is 0 Å². The van der Waals surface area contributed by atoms with Crippen molar-refractivity contribution in [2.75, 3.05) is 6.54 Å². The number of nitrogens with zero attached hydrogens (tertiary/aromatic N) is 1. The van der Waals surface area contributed by atoms with Crippen LogP contribution >= 0.6 is 0 Å². The lowest BCUT2D eigenvalue weighted by Gasteiger charge is -2.08. The summed E-state index contributed by atoms with van der Waals surface area (Å²) in [5.74, 6) is -0.743. The highest BCUT2D eigenvalue weighted by atomic mass is 32.2. The first-order valence-electron chi connectivity index (χ1n) is 5.31. The van der Waals surface area contributed by atoms with Crippen molar-refractivity contribution < 1.29 is 12.8 Å². The molecule has 7 heteroatoms. The van der Waals surface area contributed by atoms with E-state index in [2.05, 4.69) is 4.72 Å². The van der Waals surface area contributed by atoms with Gasteiger partial charge in [0.1, 0.15) is 11.9 Å². The minimum Gasteiger partial charge on any atom is -0.328 e. The molecule has 1 atom stereocenters. The van der Waals surface area contributed by atoms with Crippen molar-refractivity contribution in [3.8, 4) is 6.07 Å². The summed E-state index contributed by atoms with van der Waals surface area (Å²) in [6.07, 6.45) is 0.492. The minimum atomic E-state index is -3.73. The standard InChI is InChI=1S/C11H14FN3O2S/c1-8(14)4-5-15-18(16,17)10-2-3-11(12)9(6-10)7-13/h2-3,6,8,15H,4-5,14H2,1H3. The Kier molecular flexibility index (Phi) is 4.78. The van der Waals surface area contributed by atoms with E-state index < -0.39 is 15.8 Å². The Morgan fingerprint density at radius 1 is 1.56 bits per heavy atom. The van der Waals surface area contributed by atoms with Gasteiger partial charge < -0.3 is 5.73 Å². The summed E-state index contributed by atoms with van der Waals surface area (Å²) in [7, 11) is -3.73. The lowest BCUT2D eigenvalue weighted by Crippen LogP contribution is -2.29. The van der Waals surface area contributed by atoms with E-state index >= 15 is 0 Å².